The van der Waals surface area contributed by atoms with Crippen molar-refractivity contribution in [1.29, 1.82) is 0 Å². The van der Waals surface area contributed by atoms with Gasteiger partial charge in [-0.05, 0) is 36.6 Å². The summed E-state index contributed by atoms with van der Waals surface area (Å²) >= 11 is 0. The molecule has 0 bridgehead atoms. The highest BCUT2D eigenvalue weighted by Crippen LogP contribution is 2.29. The Balaban J connectivity index is 1.66. The minimum absolute atomic E-state index is 0.370. The third-order valence-corrected chi connectivity index (χ3v) is 4.11. The highest BCUT2D eigenvalue weighted by Gasteiger charge is 2.22. The molecule has 2 nitrogen and oxygen atoms in total. The minimum atomic E-state index is -0.845. The van der Waals surface area contributed by atoms with E-state index in [0.717, 1.165) is 23.6 Å². The Hall–Kier alpha value is -2.04. The van der Waals surface area contributed by atoms with Crippen LogP contribution in [0.25, 0.3) is 11.1 Å². The largest absolute Gasteiger partial charge is 0.348 e. The van der Waals surface area contributed by atoms with Crippen LogP contribution in [0.4, 0.5) is 8.78 Å². The maximum Gasteiger partial charge on any atom is 0.183 e. The van der Waals surface area contributed by atoms with E-state index in [0.29, 0.717) is 24.7 Å². The van der Waals surface area contributed by atoms with E-state index in [-0.39, 0.29) is 6.29 Å². The number of halogens is 2. The summed E-state index contributed by atoms with van der Waals surface area (Å²) in [6.07, 6.45) is 4.74. The molecule has 0 amide bonds. The van der Waals surface area contributed by atoms with Gasteiger partial charge in [0.2, 0.25) is 0 Å². The van der Waals surface area contributed by atoms with E-state index in [2.05, 4.69) is 6.08 Å². The van der Waals surface area contributed by atoms with Gasteiger partial charge in [0.25, 0.3) is 0 Å². The summed E-state index contributed by atoms with van der Waals surface area (Å²) in [5.41, 5.74) is 2.38. The predicted octanol–water partition coefficient (Wildman–Crippen LogP) is 5.26. The van der Waals surface area contributed by atoms with Gasteiger partial charge in [0.05, 0.1) is 13.2 Å². The smallest absolute Gasteiger partial charge is 0.183 e. The summed E-state index contributed by atoms with van der Waals surface area (Å²) in [7, 11) is 0. The van der Waals surface area contributed by atoms with E-state index < -0.39 is 11.6 Å². The third-order valence-electron chi connectivity index (χ3n) is 4.11. The van der Waals surface area contributed by atoms with Gasteiger partial charge in [0.15, 0.2) is 17.9 Å². The van der Waals surface area contributed by atoms with Gasteiger partial charge >= 0.3 is 0 Å². The number of allylic oxidation sites excluding steroid dienone is 2. The number of hydrogen-bond acceptors (Lipinski definition) is 2. The molecule has 0 N–H and O–H groups in total. The summed E-state index contributed by atoms with van der Waals surface area (Å²) in [6, 6.07) is 11.4. The lowest BCUT2D eigenvalue weighted by atomic mass is 10.0. The van der Waals surface area contributed by atoms with Crippen LogP contribution in [0.5, 0.6) is 0 Å². The second kappa shape index (κ2) is 7.69. The van der Waals surface area contributed by atoms with Gasteiger partial charge in [-0.25, -0.2) is 8.78 Å². The predicted molar refractivity (Wildman–Crippen MR) is 89.4 cm³/mol. The lowest BCUT2D eigenvalue weighted by Crippen LogP contribution is -2.26. The highest BCUT2D eigenvalue weighted by molar-refractivity contribution is 5.63. The van der Waals surface area contributed by atoms with Crippen molar-refractivity contribution in [3.05, 3.63) is 71.8 Å². The van der Waals surface area contributed by atoms with Crippen molar-refractivity contribution in [1.82, 2.24) is 0 Å². The molecule has 4 heteroatoms. The second-order valence-electron chi connectivity index (χ2n) is 5.92. The topological polar surface area (TPSA) is 18.5 Å². The summed E-state index contributed by atoms with van der Waals surface area (Å²) in [4.78, 5) is 0. The SMILES string of the molecule is CC=CCC1COC(c2ccc(-c3ccc(F)c(F)c3)cc2)OC1. The van der Waals surface area contributed by atoms with Gasteiger partial charge in [0.1, 0.15) is 0 Å². The molecule has 3 rings (SSSR count). The maximum atomic E-state index is 13.3. The van der Waals surface area contributed by atoms with Gasteiger partial charge in [-0.3, -0.25) is 0 Å². The van der Waals surface area contributed by atoms with Crippen molar-refractivity contribution in [2.75, 3.05) is 13.2 Å². The molecule has 1 aliphatic rings. The fraction of sp³-hybridized carbons (Fsp3) is 0.300. The average Bonchev–Trinajstić information content (AvgIpc) is 2.63. The summed E-state index contributed by atoms with van der Waals surface area (Å²) in [5, 5.41) is 0. The Morgan fingerprint density at radius 1 is 0.958 bits per heavy atom. The van der Waals surface area contributed by atoms with Crippen LogP contribution in [-0.4, -0.2) is 13.2 Å². The second-order valence-corrected chi connectivity index (χ2v) is 5.92. The normalized spacial score (nSPS) is 21.3. The van der Waals surface area contributed by atoms with Crippen molar-refractivity contribution in [3.8, 4) is 11.1 Å². The molecule has 2 aromatic carbocycles. The van der Waals surface area contributed by atoms with Crippen LogP contribution in [0.1, 0.15) is 25.2 Å². The quantitative estimate of drug-likeness (QED) is 0.712. The molecule has 0 spiro atoms. The van der Waals surface area contributed by atoms with Crippen molar-refractivity contribution in [3.63, 3.8) is 0 Å². The molecule has 0 aliphatic carbocycles. The number of ether oxygens (including phenoxy) is 2. The molecular formula is C20H20F2O2. The average molecular weight is 330 g/mol. The van der Waals surface area contributed by atoms with E-state index in [1.807, 2.05) is 37.3 Å². The molecule has 0 unspecified atom stereocenters. The Morgan fingerprint density at radius 2 is 1.62 bits per heavy atom. The van der Waals surface area contributed by atoms with E-state index in [4.69, 9.17) is 9.47 Å². The molecule has 24 heavy (non-hydrogen) atoms. The van der Waals surface area contributed by atoms with Crippen molar-refractivity contribution in [2.24, 2.45) is 5.92 Å². The fourth-order valence-corrected chi connectivity index (χ4v) is 2.71. The molecule has 2 aromatic rings. The first-order valence-corrected chi connectivity index (χ1v) is 8.07. The van der Waals surface area contributed by atoms with Crippen LogP contribution < -0.4 is 0 Å². The van der Waals surface area contributed by atoms with Crippen LogP contribution in [0, 0.1) is 17.6 Å². The fourth-order valence-electron chi connectivity index (χ4n) is 2.71. The van der Waals surface area contributed by atoms with Crippen LogP contribution in [0.2, 0.25) is 0 Å². The highest BCUT2D eigenvalue weighted by atomic mass is 19.2. The third kappa shape index (κ3) is 3.89. The Bertz CT molecular complexity index is 702. The lowest BCUT2D eigenvalue weighted by Gasteiger charge is -2.29. The van der Waals surface area contributed by atoms with E-state index in [9.17, 15) is 8.78 Å². The van der Waals surface area contributed by atoms with E-state index in [1.54, 1.807) is 6.07 Å². The van der Waals surface area contributed by atoms with Crippen LogP contribution >= 0.6 is 0 Å². The van der Waals surface area contributed by atoms with E-state index in [1.165, 1.54) is 6.07 Å². The summed E-state index contributed by atoms with van der Waals surface area (Å²) < 4.78 is 37.9. The molecule has 1 fully saturated rings. The molecule has 0 aromatic heterocycles. The molecule has 0 atom stereocenters. The Kier molecular flexibility index (Phi) is 5.38. The number of hydrogen-bond donors (Lipinski definition) is 0. The zero-order valence-corrected chi connectivity index (χ0v) is 13.5. The van der Waals surface area contributed by atoms with Gasteiger partial charge in [-0.1, -0.05) is 42.5 Å². The standard InChI is InChI=1S/C20H20F2O2/c1-2-3-4-14-12-23-20(24-13-14)16-7-5-15(6-8-16)17-9-10-18(21)19(22)11-17/h2-3,5-11,14,20H,4,12-13H2,1H3. The van der Waals surface area contributed by atoms with Gasteiger partial charge in [-0.2, -0.15) is 0 Å². The summed E-state index contributed by atoms with van der Waals surface area (Å²) in [5.74, 6) is -1.30. The molecule has 126 valence electrons. The first-order valence-electron chi connectivity index (χ1n) is 8.07. The maximum absolute atomic E-state index is 13.3. The minimum Gasteiger partial charge on any atom is -0.348 e. The van der Waals surface area contributed by atoms with Gasteiger partial charge in [-0.15, -0.1) is 0 Å². The Labute approximate surface area is 140 Å². The lowest BCUT2D eigenvalue weighted by molar-refractivity contribution is -0.204. The van der Waals surface area contributed by atoms with Crippen LogP contribution in [0.15, 0.2) is 54.6 Å². The molecule has 1 heterocycles. The molecule has 1 aliphatic heterocycles. The Morgan fingerprint density at radius 3 is 2.25 bits per heavy atom. The molecule has 1 saturated heterocycles. The number of rotatable bonds is 4. The molecular weight excluding hydrogens is 310 g/mol. The van der Waals surface area contributed by atoms with Gasteiger partial charge < -0.3 is 9.47 Å². The van der Waals surface area contributed by atoms with Gasteiger partial charge in [0, 0.05) is 11.5 Å². The monoisotopic (exact) mass is 330 g/mol. The van der Waals surface area contributed by atoms with Crippen LogP contribution in [0.3, 0.4) is 0 Å². The molecule has 0 saturated carbocycles. The van der Waals surface area contributed by atoms with Crippen LogP contribution in [-0.2, 0) is 9.47 Å². The zero-order valence-electron chi connectivity index (χ0n) is 13.5. The summed E-state index contributed by atoms with van der Waals surface area (Å²) in [6.45, 7) is 3.34. The zero-order chi connectivity index (χ0) is 16.9. The first-order chi connectivity index (χ1) is 11.7. The van der Waals surface area contributed by atoms with Crippen molar-refractivity contribution in [2.45, 2.75) is 19.6 Å². The van der Waals surface area contributed by atoms with Crippen molar-refractivity contribution >= 4 is 0 Å². The molecule has 0 radical (unpaired) electrons. The van der Waals surface area contributed by atoms with Crippen molar-refractivity contribution < 1.29 is 18.3 Å². The number of benzene rings is 2. The first kappa shape index (κ1) is 16.8. The van der Waals surface area contributed by atoms with E-state index >= 15 is 0 Å².